The topological polar surface area (TPSA) is 89.9 Å². The second-order valence-corrected chi connectivity index (χ2v) is 6.13. The Kier molecular flexibility index (Phi) is 4.25. The Labute approximate surface area is 156 Å². The largest absolute Gasteiger partial charge is 0.368 e. The van der Waals surface area contributed by atoms with E-state index in [4.69, 9.17) is 5.73 Å². The lowest BCUT2D eigenvalue weighted by Gasteiger charge is -2.24. The van der Waals surface area contributed by atoms with E-state index in [-0.39, 0.29) is 11.5 Å². The first-order chi connectivity index (χ1) is 13.1. The third kappa shape index (κ3) is 3.22. The van der Waals surface area contributed by atoms with Crippen LogP contribution in [0.15, 0.2) is 71.9 Å². The van der Waals surface area contributed by atoms with Gasteiger partial charge in [0.05, 0.1) is 11.3 Å². The molecule has 2 N–H and O–H groups in total. The molecule has 0 saturated carbocycles. The van der Waals surface area contributed by atoms with Crippen molar-refractivity contribution in [1.29, 1.82) is 0 Å². The van der Waals surface area contributed by atoms with Crippen molar-refractivity contribution in [3.8, 4) is 22.5 Å². The van der Waals surface area contributed by atoms with Gasteiger partial charge in [-0.3, -0.25) is 9.78 Å². The minimum atomic E-state index is -0.0862. The van der Waals surface area contributed by atoms with Gasteiger partial charge in [0.1, 0.15) is 11.5 Å². The molecule has 0 spiro atoms. The second-order valence-electron chi connectivity index (χ2n) is 6.13. The summed E-state index contributed by atoms with van der Waals surface area (Å²) in [5.41, 5.74) is 8.85. The van der Waals surface area contributed by atoms with E-state index in [1.807, 2.05) is 47.5 Å². The van der Waals surface area contributed by atoms with Gasteiger partial charge >= 0.3 is 0 Å². The van der Waals surface area contributed by atoms with Gasteiger partial charge in [0.2, 0.25) is 11.5 Å². The Hall–Kier alpha value is -3.74. The number of nitrogens with two attached hydrogens (primary N) is 1. The average Bonchev–Trinajstić information content (AvgIpc) is 2.71. The number of hydrogen-bond donors (Lipinski definition) is 1. The van der Waals surface area contributed by atoms with Gasteiger partial charge in [0, 0.05) is 43.8 Å². The lowest BCUT2D eigenvalue weighted by molar-refractivity contribution is 0.861. The van der Waals surface area contributed by atoms with Gasteiger partial charge in [-0.25, -0.2) is 4.98 Å². The van der Waals surface area contributed by atoms with Crippen molar-refractivity contribution in [2.45, 2.75) is 0 Å². The van der Waals surface area contributed by atoms with Crippen LogP contribution in [0, 0.1) is 0 Å². The number of aryl methyl sites for hydroxylation is 1. The van der Waals surface area contributed by atoms with Crippen molar-refractivity contribution in [1.82, 2.24) is 19.5 Å². The van der Waals surface area contributed by atoms with Gasteiger partial charge < -0.3 is 15.2 Å². The highest BCUT2D eigenvalue weighted by Gasteiger charge is 2.21. The van der Waals surface area contributed by atoms with Gasteiger partial charge in [-0.1, -0.05) is 18.2 Å². The molecule has 0 aromatic carbocycles. The van der Waals surface area contributed by atoms with Crippen LogP contribution >= 0.6 is 0 Å². The lowest BCUT2D eigenvalue weighted by atomic mass is 10.0. The molecule has 1 aliphatic heterocycles. The molecule has 3 aromatic rings. The molecule has 134 valence electrons. The molecule has 7 heteroatoms. The van der Waals surface area contributed by atoms with Gasteiger partial charge in [0.15, 0.2) is 0 Å². The van der Waals surface area contributed by atoms with E-state index in [0.29, 0.717) is 23.8 Å². The van der Waals surface area contributed by atoms with Crippen molar-refractivity contribution in [3.63, 3.8) is 0 Å². The van der Waals surface area contributed by atoms with Crippen LogP contribution < -0.4 is 16.2 Å². The summed E-state index contributed by atoms with van der Waals surface area (Å²) < 4.78 is 1.53. The van der Waals surface area contributed by atoms with Crippen molar-refractivity contribution >= 4 is 11.8 Å². The average molecular weight is 358 g/mol. The van der Waals surface area contributed by atoms with E-state index >= 15 is 0 Å². The van der Waals surface area contributed by atoms with E-state index in [0.717, 1.165) is 11.1 Å². The van der Waals surface area contributed by atoms with Crippen LogP contribution in [0.5, 0.6) is 0 Å². The second kappa shape index (κ2) is 6.87. The van der Waals surface area contributed by atoms with Crippen molar-refractivity contribution < 1.29 is 0 Å². The fraction of sp³-hybridized carbons (Fsp3) is 0.100. The zero-order valence-electron chi connectivity index (χ0n) is 14.8. The summed E-state index contributed by atoms with van der Waals surface area (Å²) in [6.45, 7) is 0.660. The monoisotopic (exact) mass is 358 g/mol. The van der Waals surface area contributed by atoms with Crippen LogP contribution in [0.4, 0.5) is 11.8 Å². The molecule has 0 saturated heterocycles. The Morgan fingerprint density at radius 1 is 1.11 bits per heavy atom. The van der Waals surface area contributed by atoms with E-state index < -0.39 is 0 Å². The molecule has 4 heterocycles. The number of nitrogens with zero attached hydrogens (tertiary/aromatic N) is 5. The zero-order valence-corrected chi connectivity index (χ0v) is 14.8. The standard InChI is InChI=1S/C20H18N6O/c1-25-13-14(8-9-16(25)27)17-18(15-7-3-4-10-22-15)23-20(21)24-19(17)26-11-5-2-6-12-26/h2-11,13H,12H2,1H3,(H2,21,23,24). The molecular weight excluding hydrogens is 340 g/mol. The number of rotatable bonds is 3. The molecule has 0 radical (unpaired) electrons. The van der Waals surface area contributed by atoms with Crippen molar-refractivity contribution in [2.24, 2.45) is 7.05 Å². The number of allylic oxidation sites excluding steroid dienone is 2. The predicted octanol–water partition coefficient (Wildman–Crippen LogP) is 2.38. The number of aromatic nitrogens is 4. The molecule has 0 atom stereocenters. The highest BCUT2D eigenvalue weighted by molar-refractivity contribution is 5.88. The minimum absolute atomic E-state index is 0.0862. The summed E-state index contributed by atoms with van der Waals surface area (Å²) in [4.78, 5) is 27.3. The summed E-state index contributed by atoms with van der Waals surface area (Å²) in [6, 6.07) is 8.93. The fourth-order valence-corrected chi connectivity index (χ4v) is 2.99. The first-order valence-electron chi connectivity index (χ1n) is 8.49. The van der Waals surface area contributed by atoms with E-state index in [2.05, 4.69) is 15.0 Å². The first-order valence-corrected chi connectivity index (χ1v) is 8.49. The van der Waals surface area contributed by atoms with Gasteiger partial charge in [-0.2, -0.15) is 4.98 Å². The summed E-state index contributed by atoms with van der Waals surface area (Å²) in [5.74, 6) is 0.838. The third-order valence-electron chi connectivity index (χ3n) is 4.28. The SMILES string of the molecule is Cn1cc(-c2c(-c3ccccn3)nc(N)nc2N2C=CC=CC2)ccc1=O. The minimum Gasteiger partial charge on any atom is -0.368 e. The Balaban J connectivity index is 2.02. The number of nitrogen functional groups attached to an aromatic ring is 1. The number of anilines is 2. The quantitative estimate of drug-likeness (QED) is 0.773. The zero-order chi connectivity index (χ0) is 18.8. The molecule has 3 aromatic heterocycles. The molecule has 1 aliphatic rings. The van der Waals surface area contributed by atoms with Crippen molar-refractivity contribution in [3.05, 3.63) is 77.5 Å². The van der Waals surface area contributed by atoms with Gasteiger partial charge in [0.25, 0.3) is 0 Å². The van der Waals surface area contributed by atoms with Crippen LogP contribution in [-0.4, -0.2) is 26.1 Å². The maximum atomic E-state index is 11.9. The Bertz CT molecular complexity index is 1100. The summed E-state index contributed by atoms with van der Waals surface area (Å²) >= 11 is 0. The lowest BCUT2D eigenvalue weighted by Crippen LogP contribution is -2.21. The van der Waals surface area contributed by atoms with Gasteiger partial charge in [-0.05, 0) is 24.3 Å². The number of hydrogen-bond acceptors (Lipinski definition) is 6. The summed E-state index contributed by atoms with van der Waals surface area (Å²) in [5, 5.41) is 0. The molecule has 4 rings (SSSR count). The molecule has 0 unspecified atom stereocenters. The number of pyridine rings is 2. The summed E-state index contributed by atoms with van der Waals surface area (Å²) in [7, 11) is 1.72. The Morgan fingerprint density at radius 3 is 2.70 bits per heavy atom. The first kappa shape index (κ1) is 16.7. The van der Waals surface area contributed by atoms with Gasteiger partial charge in [-0.15, -0.1) is 0 Å². The molecule has 0 amide bonds. The van der Waals surface area contributed by atoms with Crippen LogP contribution in [0.25, 0.3) is 22.5 Å². The maximum Gasteiger partial charge on any atom is 0.250 e. The van der Waals surface area contributed by atoms with E-state index in [9.17, 15) is 4.79 Å². The molecule has 0 aliphatic carbocycles. The van der Waals surface area contributed by atoms with Crippen LogP contribution in [0.1, 0.15) is 0 Å². The summed E-state index contributed by atoms with van der Waals surface area (Å²) in [6.07, 6.45) is 11.4. The Morgan fingerprint density at radius 2 is 2.00 bits per heavy atom. The predicted molar refractivity (Wildman–Crippen MR) is 106 cm³/mol. The molecule has 27 heavy (non-hydrogen) atoms. The van der Waals surface area contributed by atoms with Crippen LogP contribution in [0.3, 0.4) is 0 Å². The normalized spacial score (nSPS) is 13.1. The fourth-order valence-electron chi connectivity index (χ4n) is 2.99. The van der Waals surface area contributed by atoms with E-state index in [1.165, 1.54) is 10.6 Å². The molecule has 0 fully saturated rings. The maximum absolute atomic E-state index is 11.9. The van der Waals surface area contributed by atoms with Crippen LogP contribution in [0.2, 0.25) is 0 Å². The molecule has 0 bridgehead atoms. The molecular formula is C20H18N6O. The third-order valence-corrected chi connectivity index (χ3v) is 4.28. The van der Waals surface area contributed by atoms with E-state index in [1.54, 1.807) is 25.5 Å². The highest BCUT2D eigenvalue weighted by Crippen LogP contribution is 2.37. The van der Waals surface area contributed by atoms with Crippen molar-refractivity contribution in [2.75, 3.05) is 17.2 Å². The molecule has 7 nitrogen and oxygen atoms in total. The van der Waals surface area contributed by atoms with Crippen LogP contribution in [-0.2, 0) is 7.05 Å². The highest BCUT2D eigenvalue weighted by atomic mass is 16.1. The smallest absolute Gasteiger partial charge is 0.250 e.